The Morgan fingerprint density at radius 3 is 2.73 bits per heavy atom. The molecule has 1 unspecified atom stereocenters. The summed E-state index contributed by atoms with van der Waals surface area (Å²) in [4.78, 5) is 3.05. The summed E-state index contributed by atoms with van der Waals surface area (Å²) in [6.45, 7) is 3.88. The third-order valence-corrected chi connectivity index (χ3v) is 2.51. The van der Waals surface area contributed by atoms with Crippen molar-refractivity contribution in [2.45, 2.75) is 12.5 Å². The van der Waals surface area contributed by atoms with E-state index in [0.29, 0.717) is 6.04 Å². The fourth-order valence-corrected chi connectivity index (χ4v) is 1.67. The van der Waals surface area contributed by atoms with E-state index in [1.807, 2.05) is 30.9 Å². The van der Waals surface area contributed by atoms with Crippen LogP contribution in [-0.4, -0.2) is 4.98 Å². The molecule has 0 aliphatic rings. The van der Waals surface area contributed by atoms with E-state index in [1.165, 1.54) is 5.56 Å². The SMILES string of the molecule is C=CC(Cc1ccccc1)[n+]1cc[nH]c1. The minimum Gasteiger partial charge on any atom is -0.250 e. The van der Waals surface area contributed by atoms with Crippen molar-refractivity contribution in [3.63, 3.8) is 0 Å². The zero-order chi connectivity index (χ0) is 10.5. The second-order valence-electron chi connectivity index (χ2n) is 3.55. The molecular weight excluding hydrogens is 184 g/mol. The smallest absolute Gasteiger partial charge is 0.242 e. The standard InChI is InChI=1S/C13H14N2/c1-2-13(15-9-8-14-11-15)10-12-6-4-3-5-7-12/h2-9,11,13H,1,10H2/p+1. The molecule has 15 heavy (non-hydrogen) atoms. The van der Waals surface area contributed by atoms with Crippen molar-refractivity contribution in [2.24, 2.45) is 0 Å². The van der Waals surface area contributed by atoms with Crippen molar-refractivity contribution in [3.05, 3.63) is 67.3 Å². The summed E-state index contributed by atoms with van der Waals surface area (Å²) in [5.41, 5.74) is 1.33. The van der Waals surface area contributed by atoms with Gasteiger partial charge in [-0.25, -0.2) is 4.57 Å². The van der Waals surface area contributed by atoms with Crippen molar-refractivity contribution in [1.82, 2.24) is 4.98 Å². The minimum absolute atomic E-state index is 0.318. The van der Waals surface area contributed by atoms with E-state index in [1.54, 1.807) is 0 Å². The molecule has 2 rings (SSSR count). The van der Waals surface area contributed by atoms with Crippen LogP contribution in [0.2, 0.25) is 0 Å². The summed E-state index contributed by atoms with van der Waals surface area (Å²) < 4.78 is 2.12. The van der Waals surface area contributed by atoms with Gasteiger partial charge in [-0.1, -0.05) is 36.9 Å². The molecule has 0 aliphatic carbocycles. The lowest BCUT2D eigenvalue weighted by Crippen LogP contribution is -2.37. The Hall–Kier alpha value is -1.83. The quantitative estimate of drug-likeness (QED) is 0.575. The average Bonchev–Trinajstić information content (AvgIpc) is 2.81. The first-order valence-electron chi connectivity index (χ1n) is 5.10. The second-order valence-corrected chi connectivity index (χ2v) is 3.55. The summed E-state index contributed by atoms with van der Waals surface area (Å²) in [7, 11) is 0. The van der Waals surface area contributed by atoms with Crippen LogP contribution in [0.1, 0.15) is 11.6 Å². The van der Waals surface area contributed by atoms with Crippen LogP contribution in [0.3, 0.4) is 0 Å². The van der Waals surface area contributed by atoms with Gasteiger partial charge in [0.05, 0.1) is 0 Å². The van der Waals surface area contributed by atoms with Gasteiger partial charge in [0.2, 0.25) is 6.33 Å². The zero-order valence-electron chi connectivity index (χ0n) is 8.63. The van der Waals surface area contributed by atoms with Crippen molar-refractivity contribution < 1.29 is 4.57 Å². The number of aromatic amines is 1. The number of imidazole rings is 1. The Morgan fingerprint density at radius 1 is 1.33 bits per heavy atom. The molecule has 0 saturated carbocycles. The third-order valence-electron chi connectivity index (χ3n) is 2.51. The van der Waals surface area contributed by atoms with E-state index < -0.39 is 0 Å². The first-order chi connectivity index (χ1) is 7.40. The van der Waals surface area contributed by atoms with Gasteiger partial charge in [0.25, 0.3) is 0 Å². The fraction of sp³-hybridized carbons (Fsp3) is 0.154. The number of hydrogen-bond acceptors (Lipinski definition) is 0. The molecule has 0 saturated heterocycles. The van der Waals surface area contributed by atoms with Crippen LogP contribution in [0.15, 0.2) is 61.7 Å². The molecule has 0 fully saturated rings. The second kappa shape index (κ2) is 4.60. The van der Waals surface area contributed by atoms with Crippen LogP contribution in [0.5, 0.6) is 0 Å². The van der Waals surface area contributed by atoms with Gasteiger partial charge in [-0.3, -0.25) is 4.98 Å². The molecule has 76 valence electrons. The summed E-state index contributed by atoms with van der Waals surface area (Å²) in [5.74, 6) is 0. The molecule has 2 nitrogen and oxygen atoms in total. The molecule has 0 radical (unpaired) electrons. The molecule has 1 aromatic carbocycles. The van der Waals surface area contributed by atoms with E-state index in [9.17, 15) is 0 Å². The summed E-state index contributed by atoms with van der Waals surface area (Å²) in [6.07, 6.45) is 8.85. The number of nitrogens with zero attached hydrogens (tertiary/aromatic N) is 1. The molecule has 1 aromatic heterocycles. The van der Waals surface area contributed by atoms with Crippen LogP contribution in [0, 0.1) is 0 Å². The highest BCUT2D eigenvalue weighted by atomic mass is 15.0. The summed E-state index contributed by atoms with van der Waals surface area (Å²) >= 11 is 0. The monoisotopic (exact) mass is 199 g/mol. The predicted molar refractivity (Wildman–Crippen MR) is 60.4 cm³/mol. The van der Waals surface area contributed by atoms with Crippen molar-refractivity contribution >= 4 is 0 Å². The van der Waals surface area contributed by atoms with Crippen LogP contribution in [-0.2, 0) is 6.42 Å². The fourth-order valence-electron chi connectivity index (χ4n) is 1.67. The topological polar surface area (TPSA) is 19.7 Å². The number of allylic oxidation sites excluding steroid dienone is 1. The molecule has 1 heterocycles. The van der Waals surface area contributed by atoms with Crippen molar-refractivity contribution in [3.8, 4) is 0 Å². The van der Waals surface area contributed by atoms with Gasteiger partial charge in [-0.15, -0.1) is 0 Å². The Labute approximate surface area is 89.9 Å². The Kier molecular flexibility index (Phi) is 2.98. The Bertz CT molecular complexity index is 403. The highest BCUT2D eigenvalue weighted by Crippen LogP contribution is 2.08. The van der Waals surface area contributed by atoms with Gasteiger partial charge < -0.3 is 0 Å². The van der Waals surface area contributed by atoms with Crippen LogP contribution >= 0.6 is 0 Å². The molecule has 2 heteroatoms. The molecule has 0 spiro atoms. The lowest BCUT2D eigenvalue weighted by Gasteiger charge is -2.08. The molecular formula is C13H15N2+. The van der Waals surface area contributed by atoms with Gasteiger partial charge in [-0.05, 0) is 11.6 Å². The van der Waals surface area contributed by atoms with Crippen molar-refractivity contribution in [1.29, 1.82) is 0 Å². The van der Waals surface area contributed by atoms with Crippen LogP contribution in [0.4, 0.5) is 0 Å². The van der Waals surface area contributed by atoms with Gasteiger partial charge in [-0.2, -0.15) is 0 Å². The summed E-state index contributed by atoms with van der Waals surface area (Å²) in [5, 5.41) is 0. The largest absolute Gasteiger partial charge is 0.250 e. The van der Waals surface area contributed by atoms with Gasteiger partial charge in [0.1, 0.15) is 18.4 Å². The number of nitrogens with one attached hydrogen (secondary N) is 1. The lowest BCUT2D eigenvalue weighted by atomic mass is 10.1. The maximum atomic E-state index is 3.88. The van der Waals surface area contributed by atoms with E-state index >= 15 is 0 Å². The Balaban J connectivity index is 2.13. The molecule has 2 aromatic rings. The maximum absolute atomic E-state index is 3.88. The molecule has 0 amide bonds. The minimum atomic E-state index is 0.318. The highest BCUT2D eigenvalue weighted by molar-refractivity contribution is 5.15. The molecule has 1 atom stereocenters. The molecule has 1 N–H and O–H groups in total. The van der Waals surface area contributed by atoms with Crippen LogP contribution < -0.4 is 4.57 Å². The highest BCUT2D eigenvalue weighted by Gasteiger charge is 2.11. The van der Waals surface area contributed by atoms with E-state index in [0.717, 1.165) is 6.42 Å². The molecule has 0 bridgehead atoms. The zero-order valence-corrected chi connectivity index (χ0v) is 8.63. The maximum Gasteiger partial charge on any atom is 0.242 e. The van der Waals surface area contributed by atoms with Gasteiger partial charge in [0, 0.05) is 6.42 Å². The van der Waals surface area contributed by atoms with Crippen molar-refractivity contribution in [2.75, 3.05) is 0 Å². The third kappa shape index (κ3) is 2.34. The number of rotatable bonds is 4. The van der Waals surface area contributed by atoms with Gasteiger partial charge in [0.15, 0.2) is 0 Å². The van der Waals surface area contributed by atoms with E-state index in [-0.39, 0.29) is 0 Å². The van der Waals surface area contributed by atoms with Crippen LogP contribution in [0.25, 0.3) is 0 Å². The number of aromatic nitrogens is 2. The summed E-state index contributed by atoms with van der Waals surface area (Å²) in [6, 6.07) is 10.8. The molecule has 0 aliphatic heterocycles. The first-order valence-corrected chi connectivity index (χ1v) is 5.10. The van der Waals surface area contributed by atoms with E-state index in [4.69, 9.17) is 0 Å². The lowest BCUT2D eigenvalue weighted by molar-refractivity contribution is -0.710. The first kappa shape index (κ1) is 9.71. The number of H-pyrrole nitrogens is 1. The number of benzene rings is 1. The average molecular weight is 199 g/mol. The normalized spacial score (nSPS) is 12.3. The van der Waals surface area contributed by atoms with Gasteiger partial charge >= 0.3 is 0 Å². The van der Waals surface area contributed by atoms with E-state index in [2.05, 4.69) is 40.4 Å². The number of hydrogen-bond donors (Lipinski definition) is 1. The Morgan fingerprint density at radius 2 is 2.13 bits per heavy atom. The predicted octanol–water partition coefficient (Wildman–Crippen LogP) is 2.27.